The van der Waals surface area contributed by atoms with Crippen LogP contribution in [0.3, 0.4) is 0 Å². The number of ether oxygens (including phenoxy) is 1. The van der Waals surface area contributed by atoms with Crippen molar-refractivity contribution in [2.24, 2.45) is 5.92 Å². The second-order valence-corrected chi connectivity index (χ2v) is 8.98. The average Bonchev–Trinajstić information content (AvgIpc) is 2.99. The van der Waals surface area contributed by atoms with Crippen LogP contribution in [-0.2, 0) is 14.8 Å². The molecule has 1 fully saturated rings. The Hall–Kier alpha value is -0.670. The molecular weight excluding hydrogens is 336 g/mol. The molecule has 0 aliphatic carbocycles. The number of nitrogens with one attached hydrogen (secondary N) is 1. The molecule has 0 saturated carbocycles. The molecule has 1 aromatic rings. The van der Waals surface area contributed by atoms with Gasteiger partial charge in [0, 0.05) is 20.0 Å². The van der Waals surface area contributed by atoms with Crippen molar-refractivity contribution in [2.45, 2.75) is 6.04 Å². The highest BCUT2D eigenvalue weighted by molar-refractivity contribution is 7.89. The smallest absolute Gasteiger partial charge is 0.261 e. The number of hydrogen-bond acceptors (Lipinski definition) is 5. The first-order valence-corrected chi connectivity index (χ1v) is 9.14. The van der Waals surface area contributed by atoms with E-state index >= 15 is 0 Å². The molecule has 21 heavy (non-hydrogen) atoms. The van der Waals surface area contributed by atoms with Crippen LogP contribution in [0.25, 0.3) is 0 Å². The molecule has 0 radical (unpaired) electrons. The van der Waals surface area contributed by atoms with E-state index in [0.717, 1.165) is 0 Å². The van der Waals surface area contributed by atoms with Crippen molar-refractivity contribution in [3.05, 3.63) is 21.3 Å². The average molecular weight is 353 g/mol. The molecule has 0 spiro atoms. The first kappa shape index (κ1) is 16.7. The summed E-state index contributed by atoms with van der Waals surface area (Å²) in [5.41, 5.74) is 0. The summed E-state index contributed by atoms with van der Waals surface area (Å²) in [6, 6.07) is 2.98. The molecule has 0 aromatic carbocycles. The zero-order chi connectivity index (χ0) is 15.6. The zero-order valence-electron chi connectivity index (χ0n) is 11.7. The number of sulfonamides is 1. The predicted molar refractivity (Wildman–Crippen MR) is 82.4 cm³/mol. The second kappa shape index (κ2) is 6.62. The molecule has 6 nitrogen and oxygen atoms in total. The highest BCUT2D eigenvalue weighted by Crippen LogP contribution is 2.23. The van der Waals surface area contributed by atoms with Gasteiger partial charge in [-0.05, 0) is 12.1 Å². The third-order valence-electron chi connectivity index (χ3n) is 3.29. The Balaban J connectivity index is 2.01. The molecule has 118 valence electrons. The quantitative estimate of drug-likeness (QED) is 0.859. The van der Waals surface area contributed by atoms with Gasteiger partial charge >= 0.3 is 0 Å². The highest BCUT2D eigenvalue weighted by Gasteiger charge is 2.34. The second-order valence-electron chi connectivity index (χ2n) is 5.04. The van der Waals surface area contributed by atoms with Crippen molar-refractivity contribution < 1.29 is 17.9 Å². The van der Waals surface area contributed by atoms with Gasteiger partial charge in [-0.2, -0.15) is 0 Å². The molecule has 9 heteroatoms. The number of nitrogens with zero attached hydrogens (tertiary/aromatic N) is 1. The van der Waals surface area contributed by atoms with Crippen molar-refractivity contribution in [3.63, 3.8) is 0 Å². The lowest BCUT2D eigenvalue weighted by Crippen LogP contribution is -2.43. The predicted octanol–water partition coefficient (Wildman–Crippen LogP) is 1.04. The first-order valence-electron chi connectivity index (χ1n) is 6.34. The van der Waals surface area contributed by atoms with Gasteiger partial charge in [0.15, 0.2) is 0 Å². The largest absolute Gasteiger partial charge is 0.379 e. The van der Waals surface area contributed by atoms with E-state index < -0.39 is 10.0 Å². The Bertz CT molecular complexity index is 615. The molecule has 0 unspecified atom stereocenters. The third-order valence-corrected chi connectivity index (χ3v) is 6.48. The fraction of sp³-hybridized carbons (Fsp3) is 0.583. The summed E-state index contributed by atoms with van der Waals surface area (Å²) in [5, 5.41) is 2.82. The van der Waals surface area contributed by atoms with Crippen molar-refractivity contribution >= 4 is 38.9 Å². The van der Waals surface area contributed by atoms with Gasteiger partial charge in [-0.3, -0.25) is 4.79 Å². The minimum atomic E-state index is -3.33. The summed E-state index contributed by atoms with van der Waals surface area (Å²) in [7, 11) is -0.342. The maximum Gasteiger partial charge on any atom is 0.261 e. The van der Waals surface area contributed by atoms with Crippen LogP contribution < -0.4 is 5.32 Å². The number of carbonyl (C=O) groups excluding carboxylic acids is 1. The van der Waals surface area contributed by atoms with Gasteiger partial charge in [-0.1, -0.05) is 11.6 Å². The minimum absolute atomic E-state index is 0.0455. The van der Waals surface area contributed by atoms with Crippen molar-refractivity contribution in [1.29, 1.82) is 0 Å². The minimum Gasteiger partial charge on any atom is -0.379 e. The summed E-state index contributed by atoms with van der Waals surface area (Å²) < 4.78 is 30.9. The van der Waals surface area contributed by atoms with Crippen molar-refractivity contribution in [1.82, 2.24) is 9.62 Å². The molecule has 2 atom stereocenters. The lowest BCUT2D eigenvalue weighted by Gasteiger charge is -2.20. The van der Waals surface area contributed by atoms with E-state index in [1.165, 1.54) is 29.7 Å². The van der Waals surface area contributed by atoms with Crippen LogP contribution >= 0.6 is 22.9 Å². The summed E-state index contributed by atoms with van der Waals surface area (Å²) in [6.07, 6.45) is 0. The molecule has 0 bridgehead atoms. The molecule has 1 aromatic heterocycles. The summed E-state index contributed by atoms with van der Waals surface area (Å²) in [6.45, 7) is 0.641. The molecule has 1 saturated heterocycles. The fourth-order valence-electron chi connectivity index (χ4n) is 2.02. The number of carbonyl (C=O) groups is 1. The van der Waals surface area contributed by atoms with Crippen LogP contribution in [0.4, 0.5) is 0 Å². The Morgan fingerprint density at radius 2 is 2.19 bits per heavy atom. The Labute approximate surface area is 133 Å². The SMILES string of the molecule is CN(C)S(=O)(=O)C[C@@H]1COC[C@H]1NC(=O)c1ccc(Cl)s1. The molecular formula is C12H17ClN2O4S2. The van der Waals surface area contributed by atoms with Crippen LogP contribution in [0.15, 0.2) is 12.1 Å². The standard InChI is InChI=1S/C12H17ClN2O4S2/c1-15(2)21(17,18)7-8-5-19-6-9(8)14-12(16)10-3-4-11(13)20-10/h3-4,8-9H,5-7H2,1-2H3,(H,14,16)/t8-,9+/m0/s1. The number of halogens is 1. The Morgan fingerprint density at radius 3 is 2.76 bits per heavy atom. The van der Waals surface area contributed by atoms with Crippen LogP contribution in [0.1, 0.15) is 9.67 Å². The molecule has 1 aliphatic rings. The third kappa shape index (κ3) is 4.17. The van der Waals surface area contributed by atoms with E-state index in [1.807, 2.05) is 0 Å². The van der Waals surface area contributed by atoms with Gasteiger partial charge in [-0.25, -0.2) is 12.7 Å². The normalized spacial score (nSPS) is 22.7. The number of amides is 1. The molecule has 2 rings (SSSR count). The van der Waals surface area contributed by atoms with Crippen LogP contribution in [0.2, 0.25) is 4.34 Å². The van der Waals surface area contributed by atoms with Gasteiger partial charge in [0.25, 0.3) is 5.91 Å². The van der Waals surface area contributed by atoms with E-state index in [0.29, 0.717) is 22.4 Å². The van der Waals surface area contributed by atoms with E-state index in [2.05, 4.69) is 5.32 Å². The van der Waals surface area contributed by atoms with Gasteiger partial charge < -0.3 is 10.1 Å². The van der Waals surface area contributed by atoms with Gasteiger partial charge in [0.05, 0.1) is 34.2 Å². The lowest BCUT2D eigenvalue weighted by molar-refractivity contribution is 0.0930. The maximum atomic E-state index is 12.1. The topological polar surface area (TPSA) is 75.7 Å². The summed E-state index contributed by atoms with van der Waals surface area (Å²) in [5.74, 6) is -0.553. The van der Waals surface area contributed by atoms with Crippen molar-refractivity contribution in [3.8, 4) is 0 Å². The molecule has 1 aliphatic heterocycles. The zero-order valence-corrected chi connectivity index (χ0v) is 14.1. The van der Waals surface area contributed by atoms with E-state index in [9.17, 15) is 13.2 Å². The van der Waals surface area contributed by atoms with E-state index in [4.69, 9.17) is 16.3 Å². The van der Waals surface area contributed by atoms with Crippen LogP contribution in [-0.4, -0.2) is 57.7 Å². The first-order chi connectivity index (χ1) is 9.79. The van der Waals surface area contributed by atoms with Crippen LogP contribution in [0, 0.1) is 5.92 Å². The van der Waals surface area contributed by atoms with Crippen LogP contribution in [0.5, 0.6) is 0 Å². The summed E-state index contributed by atoms with van der Waals surface area (Å²) in [4.78, 5) is 12.6. The van der Waals surface area contributed by atoms with Gasteiger partial charge in [-0.15, -0.1) is 11.3 Å². The number of hydrogen-bond donors (Lipinski definition) is 1. The number of rotatable bonds is 5. The molecule has 1 N–H and O–H groups in total. The van der Waals surface area contributed by atoms with E-state index in [1.54, 1.807) is 12.1 Å². The van der Waals surface area contributed by atoms with E-state index in [-0.39, 0.29) is 23.6 Å². The van der Waals surface area contributed by atoms with Gasteiger partial charge in [0.1, 0.15) is 0 Å². The van der Waals surface area contributed by atoms with Gasteiger partial charge in [0.2, 0.25) is 10.0 Å². The molecule has 1 amide bonds. The number of thiophene rings is 1. The maximum absolute atomic E-state index is 12.1. The molecule has 2 heterocycles. The lowest BCUT2D eigenvalue weighted by atomic mass is 10.1. The highest BCUT2D eigenvalue weighted by atomic mass is 35.5. The Morgan fingerprint density at radius 1 is 1.48 bits per heavy atom. The van der Waals surface area contributed by atoms with Crippen molar-refractivity contribution in [2.75, 3.05) is 33.1 Å². The Kier molecular flexibility index (Phi) is 5.26. The fourth-order valence-corrected chi connectivity index (χ4v) is 4.13. The summed E-state index contributed by atoms with van der Waals surface area (Å²) >= 11 is 6.99. The monoisotopic (exact) mass is 352 g/mol.